The fourth-order valence-corrected chi connectivity index (χ4v) is 6.02. The quantitative estimate of drug-likeness (QED) is 0.163. The lowest BCUT2D eigenvalue weighted by molar-refractivity contribution is 1.17. The topological polar surface area (TPSA) is 30.9 Å². The van der Waals surface area contributed by atoms with Crippen molar-refractivity contribution < 1.29 is 0 Å². The van der Waals surface area contributed by atoms with Crippen LogP contribution in [0.1, 0.15) is 17.4 Å². The van der Waals surface area contributed by atoms with Crippen LogP contribution in [0.3, 0.4) is 0 Å². The van der Waals surface area contributed by atoms with E-state index in [1.165, 1.54) is 31.3 Å². The number of allylic oxidation sites excluding steroid dienone is 6. The number of hydrogen-bond acceptors (Lipinski definition) is 2. The highest BCUT2D eigenvalue weighted by atomic mass is 32.1. The normalized spacial score (nSPS) is 14.1. The van der Waals surface area contributed by atoms with Crippen LogP contribution in [-0.4, -0.2) is 4.57 Å². The van der Waals surface area contributed by atoms with Gasteiger partial charge < -0.3 is 10.3 Å². The molecule has 1 aliphatic carbocycles. The molecule has 0 saturated carbocycles. The summed E-state index contributed by atoms with van der Waals surface area (Å²) in [5.74, 6) is 2.77. The molecule has 0 amide bonds. The van der Waals surface area contributed by atoms with Crippen molar-refractivity contribution >= 4 is 61.1 Å². The number of benzene rings is 3. The van der Waals surface area contributed by atoms with E-state index < -0.39 is 0 Å². The first-order chi connectivity index (χ1) is 17.2. The maximum Gasteiger partial charge on any atom is 0.0647 e. The average molecular weight is 467 g/mol. The van der Waals surface area contributed by atoms with E-state index in [4.69, 9.17) is 12.2 Å². The summed E-state index contributed by atoms with van der Waals surface area (Å²) in [6, 6.07) is 25.3. The maximum atomic E-state index is 6.57. The van der Waals surface area contributed by atoms with Crippen LogP contribution in [0.4, 0.5) is 0 Å². The van der Waals surface area contributed by atoms with Gasteiger partial charge in [-0.15, -0.1) is 23.5 Å². The number of thiophene rings is 1. The average Bonchev–Trinajstić information content (AvgIpc) is 3.32. The molecule has 2 N–H and O–H groups in total. The molecule has 0 fully saturated rings. The molecule has 2 heterocycles. The van der Waals surface area contributed by atoms with Gasteiger partial charge in [0.1, 0.15) is 0 Å². The van der Waals surface area contributed by atoms with Crippen LogP contribution in [0.5, 0.6) is 0 Å². The van der Waals surface area contributed by atoms with Gasteiger partial charge in [-0.05, 0) is 43.4 Å². The van der Waals surface area contributed by atoms with Crippen LogP contribution in [0, 0.1) is 12.3 Å². The number of nitrogens with zero attached hydrogens (tertiary/aromatic N) is 1. The van der Waals surface area contributed by atoms with Crippen molar-refractivity contribution in [3.05, 3.63) is 118 Å². The van der Waals surface area contributed by atoms with Gasteiger partial charge in [-0.1, -0.05) is 60.5 Å². The van der Waals surface area contributed by atoms with Crippen molar-refractivity contribution in [1.82, 2.24) is 4.57 Å². The highest BCUT2D eigenvalue weighted by molar-refractivity contribution is 7.20. The molecular formula is C32H22N2S. The van der Waals surface area contributed by atoms with E-state index in [0.717, 1.165) is 27.9 Å². The van der Waals surface area contributed by atoms with Crippen molar-refractivity contribution in [2.75, 3.05) is 0 Å². The smallest absolute Gasteiger partial charge is 0.0647 e. The maximum absolute atomic E-state index is 6.57. The third-order valence-electron chi connectivity index (χ3n) is 6.40. The Morgan fingerprint density at radius 3 is 2.20 bits per heavy atom. The molecule has 6 rings (SSSR count). The Labute approximate surface area is 208 Å². The Morgan fingerprint density at radius 2 is 1.54 bits per heavy atom. The molecule has 0 bridgehead atoms. The summed E-state index contributed by atoms with van der Waals surface area (Å²) in [4.78, 5) is 1.21. The van der Waals surface area contributed by atoms with Crippen LogP contribution in [0.2, 0.25) is 0 Å². The molecule has 0 unspecified atom stereocenters. The summed E-state index contributed by atoms with van der Waals surface area (Å²) in [7, 11) is 0. The molecule has 0 aliphatic heterocycles. The second-order valence-corrected chi connectivity index (χ2v) is 9.62. The fraction of sp³-hybridized carbons (Fsp3) is 0.0312. The van der Waals surface area contributed by atoms with Gasteiger partial charge in [0.25, 0.3) is 0 Å². The zero-order chi connectivity index (χ0) is 23.9. The Bertz CT molecular complexity index is 1800. The van der Waals surface area contributed by atoms with E-state index in [2.05, 4.69) is 107 Å². The van der Waals surface area contributed by atoms with Crippen LogP contribution in [0.15, 0.2) is 108 Å². The third kappa shape index (κ3) is 3.36. The minimum absolute atomic E-state index is 0.684. The van der Waals surface area contributed by atoms with Crippen molar-refractivity contribution in [3.8, 4) is 12.3 Å². The second kappa shape index (κ2) is 8.38. The molecule has 166 valence electrons. The van der Waals surface area contributed by atoms with Gasteiger partial charge in [-0.2, -0.15) is 0 Å². The summed E-state index contributed by atoms with van der Waals surface area (Å²) in [6.07, 6.45) is 14.0. The molecule has 3 aromatic carbocycles. The number of hydrogen-bond donors (Lipinski definition) is 1. The zero-order valence-corrected chi connectivity index (χ0v) is 20.1. The summed E-state index contributed by atoms with van der Waals surface area (Å²) in [5, 5.41) is 3.59. The first kappa shape index (κ1) is 21.1. The molecule has 2 nitrogen and oxygen atoms in total. The number of rotatable bonds is 3. The summed E-state index contributed by atoms with van der Waals surface area (Å²) < 4.78 is 3.49. The van der Waals surface area contributed by atoms with E-state index in [1.54, 1.807) is 11.3 Å². The van der Waals surface area contributed by atoms with Gasteiger partial charge in [0, 0.05) is 54.2 Å². The summed E-state index contributed by atoms with van der Waals surface area (Å²) >= 11 is 1.78. The predicted octanol–water partition coefficient (Wildman–Crippen LogP) is 7.98. The molecular weight excluding hydrogens is 444 g/mol. The lowest BCUT2D eigenvalue weighted by Gasteiger charge is -2.17. The van der Waals surface area contributed by atoms with Crippen molar-refractivity contribution in [1.29, 1.82) is 0 Å². The first-order valence-corrected chi connectivity index (χ1v) is 12.3. The van der Waals surface area contributed by atoms with Crippen molar-refractivity contribution in [2.24, 2.45) is 5.73 Å². The van der Waals surface area contributed by atoms with Crippen LogP contribution < -0.4 is 5.73 Å². The first-order valence-electron chi connectivity index (χ1n) is 11.5. The van der Waals surface area contributed by atoms with Crippen LogP contribution in [0.25, 0.3) is 49.7 Å². The standard InChI is InChI=1S/C32H22N2S/c1-3-10-29(34-27-14-7-4-11-23(27)24-12-5-8-15-28(24)34)32(21(2)33)22-17-19-26-25-13-6-9-16-30(25)35-31(26)20-18-22/h1,4-16,18-20H,33H2,2H3/b29-10+,32-21+. The van der Waals surface area contributed by atoms with Gasteiger partial charge in [0.15, 0.2) is 0 Å². The summed E-state index contributed by atoms with van der Waals surface area (Å²) in [6.45, 7) is 1.92. The van der Waals surface area contributed by atoms with Gasteiger partial charge in [0.2, 0.25) is 0 Å². The molecule has 5 aromatic rings. The third-order valence-corrected chi connectivity index (χ3v) is 7.55. The molecule has 35 heavy (non-hydrogen) atoms. The lowest BCUT2D eigenvalue weighted by Crippen LogP contribution is -2.08. The van der Waals surface area contributed by atoms with E-state index in [1.807, 2.05) is 13.0 Å². The van der Waals surface area contributed by atoms with Crippen LogP contribution >= 0.6 is 11.3 Å². The molecule has 0 saturated heterocycles. The lowest BCUT2D eigenvalue weighted by atomic mass is 10.00. The van der Waals surface area contributed by atoms with Crippen molar-refractivity contribution in [2.45, 2.75) is 6.92 Å². The van der Waals surface area contributed by atoms with Crippen molar-refractivity contribution in [3.63, 3.8) is 0 Å². The van der Waals surface area contributed by atoms with Gasteiger partial charge in [0.05, 0.1) is 16.7 Å². The highest BCUT2D eigenvalue weighted by Gasteiger charge is 2.20. The number of para-hydroxylation sites is 2. The number of aromatic nitrogens is 1. The van der Waals surface area contributed by atoms with E-state index >= 15 is 0 Å². The fourth-order valence-electron chi connectivity index (χ4n) is 4.93. The Kier molecular flexibility index (Phi) is 5.05. The van der Waals surface area contributed by atoms with E-state index in [-0.39, 0.29) is 0 Å². The van der Waals surface area contributed by atoms with Crippen LogP contribution in [-0.2, 0) is 0 Å². The number of nitrogens with two attached hydrogens (primary N) is 1. The summed E-state index contributed by atoms with van der Waals surface area (Å²) in [5.41, 5.74) is 16.8. The molecule has 0 radical (unpaired) electrons. The predicted molar refractivity (Wildman–Crippen MR) is 152 cm³/mol. The zero-order valence-electron chi connectivity index (χ0n) is 19.2. The molecule has 0 spiro atoms. The minimum atomic E-state index is 0.684. The Balaban J connectivity index is 1.61. The largest absolute Gasteiger partial charge is 0.402 e. The Morgan fingerprint density at radius 1 is 0.914 bits per heavy atom. The number of terminal acetylenes is 1. The molecule has 3 heteroatoms. The number of fused-ring (bicyclic) bond motifs is 6. The second-order valence-electron chi connectivity index (χ2n) is 8.54. The molecule has 0 atom stereocenters. The van der Waals surface area contributed by atoms with Gasteiger partial charge in [-0.25, -0.2) is 0 Å². The SMILES string of the molecule is C#C/C=C(\C(C1=C=Cc2c(sc3ccccc23)C=C1)=C(/C)N)n1c2ccccc2c2ccccc21. The minimum Gasteiger partial charge on any atom is -0.402 e. The molecule has 1 aliphatic rings. The van der Waals surface area contributed by atoms with E-state index in [0.29, 0.717) is 5.70 Å². The van der Waals surface area contributed by atoms with E-state index in [9.17, 15) is 0 Å². The highest BCUT2D eigenvalue weighted by Crippen LogP contribution is 2.39. The Hall–Kier alpha value is -4.48. The van der Waals surface area contributed by atoms with Gasteiger partial charge in [-0.3, -0.25) is 0 Å². The molecule has 2 aromatic heterocycles. The monoisotopic (exact) mass is 466 g/mol. The van der Waals surface area contributed by atoms with Gasteiger partial charge >= 0.3 is 0 Å².